The van der Waals surface area contributed by atoms with Crippen LogP contribution < -0.4 is 10.6 Å². The van der Waals surface area contributed by atoms with Crippen LogP contribution in [0.15, 0.2) is 59.2 Å². The number of anilines is 1. The van der Waals surface area contributed by atoms with Gasteiger partial charge in [-0.15, -0.1) is 0 Å². The highest BCUT2D eigenvalue weighted by Crippen LogP contribution is 2.21. The average molecular weight is 469 g/mol. The van der Waals surface area contributed by atoms with Crippen LogP contribution in [0, 0.1) is 0 Å². The highest BCUT2D eigenvalue weighted by molar-refractivity contribution is 9.10. The fourth-order valence-electron chi connectivity index (χ4n) is 3.95. The number of halogens is 1. The number of aromatic nitrogens is 1. The Kier molecular flexibility index (Phi) is 6.38. The predicted molar refractivity (Wildman–Crippen MR) is 123 cm³/mol. The van der Waals surface area contributed by atoms with Crippen LogP contribution in [0.25, 0.3) is 10.9 Å². The van der Waals surface area contributed by atoms with E-state index in [9.17, 15) is 9.59 Å². The average Bonchev–Trinajstić information content (AvgIpc) is 3.16. The lowest BCUT2D eigenvalue weighted by molar-refractivity contribution is -0.134. The number of likely N-dealkylation sites (tertiary alicyclic amines) is 1. The van der Waals surface area contributed by atoms with Gasteiger partial charge in [-0.2, -0.15) is 0 Å². The van der Waals surface area contributed by atoms with Gasteiger partial charge in [-0.25, -0.2) is 4.79 Å². The number of hydrogen-bond acceptors (Lipinski definition) is 2. The Morgan fingerprint density at radius 3 is 2.67 bits per heavy atom. The molecule has 4 rings (SSSR count). The number of fused-ring (bicyclic) bond motifs is 1. The normalized spacial score (nSPS) is 15.0. The molecule has 1 aliphatic rings. The van der Waals surface area contributed by atoms with Crippen LogP contribution in [0.2, 0.25) is 0 Å². The van der Waals surface area contributed by atoms with Crippen molar-refractivity contribution in [1.82, 2.24) is 15.2 Å². The van der Waals surface area contributed by atoms with Gasteiger partial charge < -0.3 is 20.5 Å². The fraction of sp³-hybridized carbons (Fsp3) is 0.304. The largest absolute Gasteiger partial charge is 0.361 e. The number of carbonyl (C=O) groups is 2. The Bertz CT molecular complexity index is 1040. The number of para-hydroxylation sites is 1. The first-order valence-electron chi connectivity index (χ1n) is 10.3. The molecule has 3 amide bonds. The quantitative estimate of drug-likeness (QED) is 0.508. The molecular formula is C23H25BrN4O2. The molecule has 1 saturated heterocycles. The summed E-state index contributed by atoms with van der Waals surface area (Å²) in [4.78, 5) is 31.1. The Hall–Kier alpha value is -2.80. The number of aromatic amines is 1. The van der Waals surface area contributed by atoms with E-state index in [2.05, 4.69) is 31.5 Å². The number of carbonyl (C=O) groups excluding carboxylic acids is 2. The molecule has 1 fully saturated rings. The van der Waals surface area contributed by atoms with Gasteiger partial charge in [0.25, 0.3) is 0 Å². The van der Waals surface area contributed by atoms with E-state index < -0.39 is 6.04 Å². The Labute approximate surface area is 184 Å². The zero-order chi connectivity index (χ0) is 20.9. The molecule has 2 heterocycles. The first kappa shape index (κ1) is 20.5. The number of H-pyrrole nitrogens is 1. The van der Waals surface area contributed by atoms with Crippen LogP contribution in [-0.2, 0) is 11.2 Å². The number of hydrogen-bond donors (Lipinski definition) is 3. The molecule has 1 unspecified atom stereocenters. The summed E-state index contributed by atoms with van der Waals surface area (Å²) in [5.74, 6) is -0.0237. The molecule has 3 N–H and O–H groups in total. The summed E-state index contributed by atoms with van der Waals surface area (Å²) in [7, 11) is 0. The summed E-state index contributed by atoms with van der Waals surface area (Å²) in [5.41, 5.74) is 2.71. The molecule has 0 spiro atoms. The third kappa shape index (κ3) is 4.84. The highest BCUT2D eigenvalue weighted by Gasteiger charge is 2.28. The van der Waals surface area contributed by atoms with Crippen molar-refractivity contribution >= 4 is 44.5 Å². The Balaban J connectivity index is 1.53. The van der Waals surface area contributed by atoms with E-state index in [1.54, 1.807) is 0 Å². The van der Waals surface area contributed by atoms with Gasteiger partial charge in [-0.1, -0.05) is 40.2 Å². The molecule has 156 valence electrons. The van der Waals surface area contributed by atoms with Crippen molar-refractivity contribution in [3.05, 3.63) is 64.8 Å². The maximum absolute atomic E-state index is 13.3. The van der Waals surface area contributed by atoms with Crippen molar-refractivity contribution in [2.45, 2.75) is 31.7 Å². The van der Waals surface area contributed by atoms with Gasteiger partial charge in [0.2, 0.25) is 5.91 Å². The van der Waals surface area contributed by atoms with E-state index in [0.29, 0.717) is 12.1 Å². The van der Waals surface area contributed by atoms with Gasteiger partial charge in [0, 0.05) is 46.8 Å². The van der Waals surface area contributed by atoms with E-state index in [1.807, 2.05) is 59.6 Å². The standard InChI is InChI=1S/C23H25BrN4O2/c24-17-7-6-8-18(14-17)26-23(30)27-21(22(29)28-11-4-1-5-12-28)13-16-15-25-20-10-3-2-9-19(16)20/h2-3,6-10,14-15,21,25H,1,4-5,11-13H2,(H2,26,27,30). The monoisotopic (exact) mass is 468 g/mol. The molecule has 0 aliphatic carbocycles. The third-order valence-electron chi connectivity index (χ3n) is 5.45. The van der Waals surface area contributed by atoms with Gasteiger partial charge >= 0.3 is 6.03 Å². The highest BCUT2D eigenvalue weighted by atomic mass is 79.9. The molecule has 3 aromatic rings. The van der Waals surface area contributed by atoms with Gasteiger partial charge in [0.15, 0.2) is 0 Å². The third-order valence-corrected chi connectivity index (χ3v) is 5.95. The zero-order valence-electron chi connectivity index (χ0n) is 16.7. The molecule has 7 heteroatoms. The van der Waals surface area contributed by atoms with Crippen LogP contribution >= 0.6 is 15.9 Å². The number of nitrogens with zero attached hydrogens (tertiary/aromatic N) is 1. The lowest BCUT2D eigenvalue weighted by atomic mass is 10.0. The number of nitrogens with one attached hydrogen (secondary N) is 3. The van der Waals surface area contributed by atoms with Crippen molar-refractivity contribution in [2.24, 2.45) is 0 Å². The Morgan fingerprint density at radius 2 is 1.87 bits per heavy atom. The molecule has 0 radical (unpaired) electrons. The van der Waals surface area contributed by atoms with Gasteiger partial charge in [-0.05, 0) is 49.1 Å². The first-order chi connectivity index (χ1) is 14.6. The molecule has 6 nitrogen and oxygen atoms in total. The van der Waals surface area contributed by atoms with Crippen LogP contribution in [-0.4, -0.2) is 41.0 Å². The number of piperidine rings is 1. The molecule has 1 aliphatic heterocycles. The van der Waals surface area contributed by atoms with Crippen LogP contribution in [0.5, 0.6) is 0 Å². The van der Waals surface area contributed by atoms with Crippen LogP contribution in [0.3, 0.4) is 0 Å². The van der Waals surface area contributed by atoms with E-state index in [-0.39, 0.29) is 11.9 Å². The maximum Gasteiger partial charge on any atom is 0.319 e. The second kappa shape index (κ2) is 9.34. The summed E-state index contributed by atoms with van der Waals surface area (Å²) >= 11 is 3.41. The number of benzene rings is 2. The lowest BCUT2D eigenvalue weighted by Crippen LogP contribution is -2.52. The van der Waals surface area contributed by atoms with Crippen molar-refractivity contribution < 1.29 is 9.59 Å². The molecule has 1 atom stereocenters. The minimum atomic E-state index is -0.630. The van der Waals surface area contributed by atoms with Crippen LogP contribution in [0.4, 0.5) is 10.5 Å². The molecule has 30 heavy (non-hydrogen) atoms. The van der Waals surface area contributed by atoms with Crippen molar-refractivity contribution in [1.29, 1.82) is 0 Å². The molecule has 0 saturated carbocycles. The molecular weight excluding hydrogens is 444 g/mol. The number of urea groups is 1. The molecule has 0 bridgehead atoms. The number of rotatable bonds is 5. The van der Waals surface area contributed by atoms with E-state index in [0.717, 1.165) is 53.3 Å². The summed E-state index contributed by atoms with van der Waals surface area (Å²) in [5, 5.41) is 6.82. The first-order valence-corrected chi connectivity index (χ1v) is 11.1. The minimum Gasteiger partial charge on any atom is -0.361 e. The lowest BCUT2D eigenvalue weighted by Gasteiger charge is -2.30. The smallest absolute Gasteiger partial charge is 0.319 e. The minimum absolute atomic E-state index is 0.0237. The predicted octanol–water partition coefficient (Wildman–Crippen LogP) is 4.68. The molecule has 1 aromatic heterocycles. The Morgan fingerprint density at radius 1 is 1.07 bits per heavy atom. The summed E-state index contributed by atoms with van der Waals surface area (Å²) < 4.78 is 0.875. The zero-order valence-corrected chi connectivity index (χ0v) is 18.2. The SMILES string of the molecule is O=C(Nc1cccc(Br)c1)NC(Cc1c[nH]c2ccccc12)C(=O)N1CCCCC1. The van der Waals surface area contributed by atoms with Crippen molar-refractivity contribution in [3.8, 4) is 0 Å². The van der Waals surface area contributed by atoms with Gasteiger partial charge in [-0.3, -0.25) is 4.79 Å². The summed E-state index contributed by atoms with van der Waals surface area (Å²) in [6.07, 6.45) is 5.53. The topological polar surface area (TPSA) is 77.2 Å². The maximum atomic E-state index is 13.3. The van der Waals surface area contributed by atoms with E-state index in [1.165, 1.54) is 0 Å². The second-order valence-corrected chi connectivity index (χ2v) is 8.53. The van der Waals surface area contributed by atoms with Crippen molar-refractivity contribution in [3.63, 3.8) is 0 Å². The second-order valence-electron chi connectivity index (χ2n) is 7.61. The van der Waals surface area contributed by atoms with E-state index >= 15 is 0 Å². The molecule has 2 aromatic carbocycles. The van der Waals surface area contributed by atoms with Crippen molar-refractivity contribution in [2.75, 3.05) is 18.4 Å². The van der Waals surface area contributed by atoms with Gasteiger partial charge in [0.05, 0.1) is 0 Å². The van der Waals surface area contributed by atoms with Gasteiger partial charge in [0.1, 0.15) is 6.04 Å². The summed E-state index contributed by atoms with van der Waals surface area (Å²) in [6.45, 7) is 1.50. The fourth-order valence-corrected chi connectivity index (χ4v) is 4.35. The van der Waals surface area contributed by atoms with Crippen LogP contribution in [0.1, 0.15) is 24.8 Å². The van der Waals surface area contributed by atoms with E-state index in [4.69, 9.17) is 0 Å². The summed E-state index contributed by atoms with van der Waals surface area (Å²) in [6, 6.07) is 14.4. The number of amides is 3.